The van der Waals surface area contributed by atoms with Gasteiger partial charge in [-0.15, -0.1) is 0 Å². The molecule has 0 amide bonds. The van der Waals surface area contributed by atoms with E-state index < -0.39 is 0 Å². The van der Waals surface area contributed by atoms with E-state index in [-0.39, 0.29) is 15.1 Å². The van der Waals surface area contributed by atoms with E-state index in [0.29, 0.717) is 0 Å². The Morgan fingerprint density at radius 3 is 2.48 bits per heavy atom. The Kier molecular flexibility index (Phi) is 13.5. The van der Waals surface area contributed by atoms with Crippen molar-refractivity contribution in [1.29, 1.82) is 0 Å². The molecule has 4 nitrogen and oxygen atoms in total. The van der Waals surface area contributed by atoms with Crippen molar-refractivity contribution < 1.29 is 12.7 Å². The van der Waals surface area contributed by atoms with Gasteiger partial charge in [-0.05, 0) is 76.6 Å². The second-order valence-electron chi connectivity index (χ2n) is 7.04. The quantitative estimate of drug-likeness (QED) is 0.442. The zero-order valence-electron chi connectivity index (χ0n) is 17.0. The van der Waals surface area contributed by atoms with Gasteiger partial charge in [-0.3, -0.25) is 5.32 Å². The molecule has 0 aromatic heterocycles. The third kappa shape index (κ3) is 13.8. The number of hydrogen-bond donors (Lipinski definition) is 3. The first-order valence-electron chi connectivity index (χ1n) is 9.72. The molecule has 0 saturated heterocycles. The van der Waals surface area contributed by atoms with E-state index >= 15 is 0 Å². The standard InChI is InChI=1S/C11H14O.C8H20N2O.C2H6.2H2/c1-9-3-2-4-11(7-9)12-8-10-5-6-10;1-8(2,10-7-11)5-3-4-6-9;1-2;;/h2-4,7,10H,5-6,8H2,1H3;10-11H,3-7,9H2,1-2H3;1-2H3;2*1H. The second kappa shape index (κ2) is 14.1. The topological polar surface area (TPSA) is 67.5 Å². The summed E-state index contributed by atoms with van der Waals surface area (Å²) in [6.45, 7) is 12.0. The van der Waals surface area contributed by atoms with Crippen LogP contribution < -0.4 is 15.8 Å². The van der Waals surface area contributed by atoms with Crippen molar-refractivity contribution in [3.8, 4) is 5.75 Å². The van der Waals surface area contributed by atoms with Gasteiger partial charge in [-0.25, -0.2) is 0 Å². The van der Waals surface area contributed by atoms with Crippen LogP contribution >= 0.6 is 0 Å². The summed E-state index contributed by atoms with van der Waals surface area (Å²) < 4.78 is 5.61. The third-order valence-corrected chi connectivity index (χ3v) is 3.99. The summed E-state index contributed by atoms with van der Waals surface area (Å²) in [5.74, 6) is 1.85. The molecule has 1 aliphatic rings. The van der Waals surface area contributed by atoms with Crippen LogP contribution in [0.25, 0.3) is 0 Å². The molecule has 1 fully saturated rings. The lowest BCUT2D eigenvalue weighted by Gasteiger charge is -2.24. The third-order valence-electron chi connectivity index (χ3n) is 3.99. The molecule has 0 unspecified atom stereocenters. The summed E-state index contributed by atoms with van der Waals surface area (Å²) in [5, 5.41) is 11.6. The van der Waals surface area contributed by atoms with E-state index in [4.69, 9.17) is 15.6 Å². The minimum Gasteiger partial charge on any atom is -0.493 e. The Morgan fingerprint density at radius 1 is 1.28 bits per heavy atom. The van der Waals surface area contributed by atoms with Gasteiger partial charge < -0.3 is 15.6 Å². The van der Waals surface area contributed by atoms with Crippen LogP contribution in [0.2, 0.25) is 0 Å². The van der Waals surface area contributed by atoms with Crippen LogP contribution in [0.1, 0.15) is 68.2 Å². The predicted molar refractivity (Wildman–Crippen MR) is 112 cm³/mol. The average Bonchev–Trinajstić information content (AvgIpc) is 3.40. The van der Waals surface area contributed by atoms with Gasteiger partial charge in [0.2, 0.25) is 0 Å². The van der Waals surface area contributed by atoms with Crippen molar-refractivity contribution in [3.05, 3.63) is 29.8 Å². The number of benzene rings is 1. The zero-order valence-corrected chi connectivity index (χ0v) is 17.0. The molecule has 0 bridgehead atoms. The van der Waals surface area contributed by atoms with Gasteiger partial charge in [-0.1, -0.05) is 32.4 Å². The van der Waals surface area contributed by atoms with Crippen molar-refractivity contribution in [3.63, 3.8) is 0 Å². The van der Waals surface area contributed by atoms with Crippen LogP contribution in [-0.4, -0.2) is 30.5 Å². The van der Waals surface area contributed by atoms with E-state index in [9.17, 15) is 0 Å². The van der Waals surface area contributed by atoms with Gasteiger partial charge in [0.15, 0.2) is 0 Å². The highest BCUT2D eigenvalue weighted by Gasteiger charge is 2.21. The summed E-state index contributed by atoms with van der Waals surface area (Å²) in [5.41, 5.74) is 6.67. The van der Waals surface area contributed by atoms with Gasteiger partial charge in [-0.2, -0.15) is 0 Å². The van der Waals surface area contributed by atoms with Crippen LogP contribution in [-0.2, 0) is 0 Å². The second-order valence-corrected chi connectivity index (χ2v) is 7.04. The van der Waals surface area contributed by atoms with E-state index in [1.807, 2.05) is 26.0 Å². The summed E-state index contributed by atoms with van der Waals surface area (Å²) >= 11 is 0. The van der Waals surface area contributed by atoms with Gasteiger partial charge in [0.1, 0.15) is 5.75 Å². The first-order chi connectivity index (χ1) is 12.0. The lowest BCUT2D eigenvalue weighted by Crippen LogP contribution is -2.39. The molecule has 25 heavy (non-hydrogen) atoms. The molecule has 2 rings (SSSR count). The first kappa shape index (κ1) is 23.9. The molecule has 1 aromatic carbocycles. The van der Waals surface area contributed by atoms with Crippen molar-refractivity contribution in [1.82, 2.24) is 5.32 Å². The molecular formula is C21H44N2O2. The number of hydrogen-bond acceptors (Lipinski definition) is 4. The Balaban J connectivity index is -0.000000368. The molecule has 4 heteroatoms. The minimum atomic E-state index is 0. The summed E-state index contributed by atoms with van der Waals surface area (Å²) in [4.78, 5) is 0. The minimum absolute atomic E-state index is 0. The van der Waals surface area contributed by atoms with Gasteiger partial charge >= 0.3 is 0 Å². The molecule has 0 heterocycles. The fourth-order valence-electron chi connectivity index (χ4n) is 2.22. The molecule has 0 spiro atoms. The number of unbranched alkanes of at least 4 members (excludes halogenated alkanes) is 1. The van der Waals surface area contributed by atoms with E-state index in [2.05, 4.69) is 38.2 Å². The smallest absolute Gasteiger partial charge is 0.119 e. The highest BCUT2D eigenvalue weighted by Crippen LogP contribution is 2.29. The van der Waals surface area contributed by atoms with Crippen molar-refractivity contribution >= 4 is 0 Å². The maximum absolute atomic E-state index is 8.62. The Morgan fingerprint density at radius 2 is 1.96 bits per heavy atom. The van der Waals surface area contributed by atoms with Crippen LogP contribution in [0.4, 0.5) is 0 Å². The molecule has 1 aromatic rings. The van der Waals surface area contributed by atoms with Gasteiger partial charge in [0.05, 0.1) is 13.3 Å². The van der Waals surface area contributed by atoms with Crippen LogP contribution in [0.3, 0.4) is 0 Å². The first-order valence-corrected chi connectivity index (χ1v) is 9.72. The fraction of sp³-hybridized carbons (Fsp3) is 0.714. The lowest BCUT2D eigenvalue weighted by atomic mass is 9.98. The number of nitrogens with one attached hydrogen (secondary N) is 1. The maximum Gasteiger partial charge on any atom is 0.119 e. The number of aliphatic hydroxyl groups excluding tert-OH is 1. The molecule has 0 radical (unpaired) electrons. The molecule has 150 valence electrons. The molecule has 1 saturated carbocycles. The monoisotopic (exact) mass is 356 g/mol. The number of aliphatic hydroxyl groups is 1. The van der Waals surface area contributed by atoms with Crippen molar-refractivity contribution in [2.45, 2.75) is 72.3 Å². The summed E-state index contributed by atoms with van der Waals surface area (Å²) in [7, 11) is 0. The average molecular weight is 357 g/mol. The molecule has 0 aliphatic heterocycles. The zero-order chi connectivity index (χ0) is 19.1. The van der Waals surface area contributed by atoms with Crippen molar-refractivity contribution in [2.24, 2.45) is 11.7 Å². The van der Waals surface area contributed by atoms with Crippen LogP contribution in [0.5, 0.6) is 5.75 Å². The molecule has 0 atom stereocenters. The number of aryl methyl sites for hydroxylation is 1. The Hall–Kier alpha value is -1.10. The Bertz CT molecular complexity index is 442. The molecular weight excluding hydrogens is 312 g/mol. The molecule has 4 N–H and O–H groups in total. The Labute approximate surface area is 158 Å². The number of nitrogens with two attached hydrogens (primary N) is 1. The largest absolute Gasteiger partial charge is 0.493 e. The van der Waals surface area contributed by atoms with Crippen molar-refractivity contribution in [2.75, 3.05) is 19.9 Å². The SMILES string of the molecule is CC.CC(C)(CCCCN)NCO.Cc1cccc(OCC2CC2)c1.[HH].[HH]. The van der Waals surface area contributed by atoms with Gasteiger partial charge in [0.25, 0.3) is 0 Å². The summed E-state index contributed by atoms with van der Waals surface area (Å²) in [6.07, 6.45) is 5.95. The van der Waals surface area contributed by atoms with Crippen LogP contribution in [0, 0.1) is 12.8 Å². The van der Waals surface area contributed by atoms with E-state index in [1.165, 1.54) is 18.4 Å². The highest BCUT2D eigenvalue weighted by molar-refractivity contribution is 5.27. The fourth-order valence-corrected chi connectivity index (χ4v) is 2.22. The van der Waals surface area contributed by atoms with E-state index in [1.54, 1.807) is 0 Å². The summed E-state index contributed by atoms with van der Waals surface area (Å²) in [6, 6.07) is 8.24. The van der Waals surface area contributed by atoms with E-state index in [0.717, 1.165) is 44.1 Å². The maximum atomic E-state index is 8.62. The van der Waals surface area contributed by atoms with Gasteiger partial charge in [0, 0.05) is 8.39 Å². The number of ether oxygens (including phenoxy) is 1. The van der Waals surface area contributed by atoms with Crippen LogP contribution in [0.15, 0.2) is 24.3 Å². The molecule has 1 aliphatic carbocycles. The normalized spacial score (nSPS) is 13.2. The number of rotatable bonds is 9. The lowest BCUT2D eigenvalue weighted by molar-refractivity contribution is 0.201. The predicted octanol–water partition coefficient (Wildman–Crippen LogP) is 4.74. The highest BCUT2D eigenvalue weighted by atomic mass is 16.5.